The minimum Gasteiger partial charge on any atom is -0.449 e. The average molecular weight is 288 g/mol. The number of rotatable bonds is 2. The first kappa shape index (κ1) is 13.0. The van der Waals surface area contributed by atoms with Gasteiger partial charge in [-0.15, -0.1) is 0 Å². The van der Waals surface area contributed by atoms with Crippen molar-refractivity contribution in [3.63, 3.8) is 0 Å². The molecule has 1 aliphatic heterocycles. The zero-order valence-electron chi connectivity index (χ0n) is 12.3. The fourth-order valence-corrected chi connectivity index (χ4v) is 3.88. The Morgan fingerprint density at radius 3 is 2.86 bits per heavy atom. The van der Waals surface area contributed by atoms with Gasteiger partial charge in [0.05, 0.1) is 5.92 Å². The standard InChI is InChI=1S/C15H20N4O2/c1-10-17-12(8-20-10)13-18-14(21-19-13)11-7-16-9-15(11)5-3-2-4-6-15/h8,11,16H,2-7,9H2,1H3. The molecular weight excluding hydrogens is 268 g/mol. The van der Waals surface area contributed by atoms with Crippen LogP contribution in [-0.2, 0) is 0 Å². The molecule has 1 N–H and O–H groups in total. The molecule has 2 fully saturated rings. The normalized spacial score (nSPS) is 24.7. The van der Waals surface area contributed by atoms with Gasteiger partial charge in [0.25, 0.3) is 0 Å². The molecule has 2 aliphatic rings. The van der Waals surface area contributed by atoms with Gasteiger partial charge in [0, 0.05) is 20.0 Å². The van der Waals surface area contributed by atoms with Crippen LogP contribution < -0.4 is 5.32 Å². The predicted molar refractivity (Wildman–Crippen MR) is 75.7 cm³/mol. The number of aromatic nitrogens is 3. The van der Waals surface area contributed by atoms with Crippen molar-refractivity contribution in [3.05, 3.63) is 18.0 Å². The molecule has 0 amide bonds. The van der Waals surface area contributed by atoms with Gasteiger partial charge in [-0.25, -0.2) is 4.98 Å². The molecule has 6 heteroatoms. The first-order valence-corrected chi connectivity index (χ1v) is 7.74. The number of nitrogens with one attached hydrogen (secondary N) is 1. The van der Waals surface area contributed by atoms with Gasteiger partial charge in [-0.2, -0.15) is 4.98 Å². The van der Waals surface area contributed by atoms with E-state index >= 15 is 0 Å². The van der Waals surface area contributed by atoms with E-state index in [1.165, 1.54) is 32.1 Å². The van der Waals surface area contributed by atoms with Crippen LogP contribution in [0.3, 0.4) is 0 Å². The molecule has 1 saturated heterocycles. The van der Waals surface area contributed by atoms with Crippen LogP contribution in [0.5, 0.6) is 0 Å². The molecule has 1 aliphatic carbocycles. The summed E-state index contributed by atoms with van der Waals surface area (Å²) in [5, 5.41) is 7.61. The van der Waals surface area contributed by atoms with Crippen LogP contribution in [0.2, 0.25) is 0 Å². The van der Waals surface area contributed by atoms with Crippen molar-refractivity contribution in [1.29, 1.82) is 0 Å². The number of aryl methyl sites for hydroxylation is 1. The lowest BCUT2D eigenvalue weighted by atomic mass is 9.67. The highest BCUT2D eigenvalue weighted by Gasteiger charge is 2.46. The lowest BCUT2D eigenvalue weighted by Gasteiger charge is -2.36. The lowest BCUT2D eigenvalue weighted by Crippen LogP contribution is -2.31. The summed E-state index contributed by atoms with van der Waals surface area (Å²) in [6.07, 6.45) is 8.05. The van der Waals surface area contributed by atoms with E-state index in [0.29, 0.717) is 28.7 Å². The zero-order chi connectivity index (χ0) is 14.3. The van der Waals surface area contributed by atoms with Gasteiger partial charge in [0.2, 0.25) is 11.7 Å². The summed E-state index contributed by atoms with van der Waals surface area (Å²) < 4.78 is 10.8. The Kier molecular flexibility index (Phi) is 3.06. The molecule has 1 unspecified atom stereocenters. The van der Waals surface area contributed by atoms with Crippen molar-refractivity contribution >= 4 is 0 Å². The Morgan fingerprint density at radius 1 is 1.24 bits per heavy atom. The van der Waals surface area contributed by atoms with Gasteiger partial charge >= 0.3 is 0 Å². The smallest absolute Gasteiger partial charge is 0.232 e. The van der Waals surface area contributed by atoms with E-state index in [-0.39, 0.29) is 0 Å². The van der Waals surface area contributed by atoms with Crippen molar-refractivity contribution in [2.24, 2.45) is 5.41 Å². The van der Waals surface area contributed by atoms with E-state index in [1.807, 2.05) is 6.92 Å². The fourth-order valence-electron chi connectivity index (χ4n) is 3.88. The van der Waals surface area contributed by atoms with Crippen LogP contribution in [0.4, 0.5) is 0 Å². The first-order valence-electron chi connectivity index (χ1n) is 7.74. The Balaban J connectivity index is 1.62. The van der Waals surface area contributed by atoms with Gasteiger partial charge < -0.3 is 14.3 Å². The molecule has 112 valence electrons. The molecule has 0 radical (unpaired) electrons. The minimum atomic E-state index is 0.307. The van der Waals surface area contributed by atoms with Gasteiger partial charge in [-0.05, 0) is 18.3 Å². The summed E-state index contributed by atoms with van der Waals surface area (Å²) >= 11 is 0. The summed E-state index contributed by atoms with van der Waals surface area (Å²) in [6, 6.07) is 0. The fraction of sp³-hybridized carbons (Fsp3) is 0.667. The van der Waals surface area contributed by atoms with Crippen LogP contribution in [0.1, 0.15) is 49.8 Å². The highest BCUT2D eigenvalue weighted by Crippen LogP contribution is 2.49. The summed E-state index contributed by atoms with van der Waals surface area (Å²) in [5.41, 5.74) is 0.952. The molecule has 6 nitrogen and oxygen atoms in total. The van der Waals surface area contributed by atoms with Crippen molar-refractivity contribution in [2.45, 2.75) is 44.9 Å². The molecule has 21 heavy (non-hydrogen) atoms. The third kappa shape index (κ3) is 2.18. The third-order valence-electron chi connectivity index (χ3n) is 5.00. The Bertz CT molecular complexity index is 627. The SMILES string of the molecule is Cc1nc(-c2noc(C3CNCC34CCCCC4)n2)co1. The number of nitrogens with zero attached hydrogens (tertiary/aromatic N) is 3. The molecule has 1 atom stereocenters. The monoisotopic (exact) mass is 288 g/mol. The molecule has 2 aromatic heterocycles. The summed E-state index contributed by atoms with van der Waals surface area (Å²) in [7, 11) is 0. The van der Waals surface area contributed by atoms with Crippen LogP contribution in [0.15, 0.2) is 15.2 Å². The molecule has 0 aromatic carbocycles. The van der Waals surface area contributed by atoms with Crippen molar-refractivity contribution < 1.29 is 8.94 Å². The predicted octanol–water partition coefficient (Wildman–Crippen LogP) is 2.67. The summed E-state index contributed by atoms with van der Waals surface area (Å²) in [4.78, 5) is 8.84. The minimum absolute atomic E-state index is 0.307. The molecule has 0 bridgehead atoms. The van der Waals surface area contributed by atoms with E-state index in [0.717, 1.165) is 19.0 Å². The third-order valence-corrected chi connectivity index (χ3v) is 5.00. The summed E-state index contributed by atoms with van der Waals surface area (Å²) in [6.45, 7) is 3.81. The van der Waals surface area contributed by atoms with E-state index in [1.54, 1.807) is 6.26 Å². The number of hydrogen-bond acceptors (Lipinski definition) is 6. The Hall–Kier alpha value is -1.69. The second-order valence-electron chi connectivity index (χ2n) is 6.31. The van der Waals surface area contributed by atoms with Crippen LogP contribution in [-0.4, -0.2) is 28.2 Å². The average Bonchev–Trinajstić information content (AvgIpc) is 3.19. The van der Waals surface area contributed by atoms with Crippen LogP contribution in [0.25, 0.3) is 11.5 Å². The topological polar surface area (TPSA) is 77.0 Å². The zero-order valence-corrected chi connectivity index (χ0v) is 12.3. The second-order valence-corrected chi connectivity index (χ2v) is 6.31. The van der Waals surface area contributed by atoms with E-state index in [9.17, 15) is 0 Å². The lowest BCUT2D eigenvalue weighted by molar-refractivity contribution is 0.165. The molecule has 2 aromatic rings. The molecular formula is C15H20N4O2. The molecule has 3 heterocycles. The summed E-state index contributed by atoms with van der Waals surface area (Å²) in [5.74, 6) is 2.21. The van der Waals surface area contributed by atoms with Crippen molar-refractivity contribution in [1.82, 2.24) is 20.4 Å². The van der Waals surface area contributed by atoms with Gasteiger partial charge in [0.1, 0.15) is 12.0 Å². The Morgan fingerprint density at radius 2 is 2.10 bits per heavy atom. The maximum Gasteiger partial charge on any atom is 0.232 e. The maximum atomic E-state index is 5.56. The molecule has 1 saturated carbocycles. The molecule has 4 rings (SSSR count). The first-order chi connectivity index (χ1) is 10.3. The molecule has 1 spiro atoms. The van der Waals surface area contributed by atoms with Crippen molar-refractivity contribution in [3.8, 4) is 11.5 Å². The van der Waals surface area contributed by atoms with E-state index in [4.69, 9.17) is 8.94 Å². The largest absolute Gasteiger partial charge is 0.449 e. The van der Waals surface area contributed by atoms with Gasteiger partial charge in [-0.1, -0.05) is 24.4 Å². The second kappa shape index (κ2) is 4.94. The van der Waals surface area contributed by atoms with E-state index in [2.05, 4.69) is 20.4 Å². The van der Waals surface area contributed by atoms with E-state index < -0.39 is 0 Å². The quantitative estimate of drug-likeness (QED) is 0.915. The Labute approximate surface area is 123 Å². The van der Waals surface area contributed by atoms with Crippen LogP contribution in [0, 0.1) is 12.3 Å². The van der Waals surface area contributed by atoms with Gasteiger partial charge in [0.15, 0.2) is 5.89 Å². The number of oxazole rings is 1. The number of hydrogen-bond donors (Lipinski definition) is 1. The van der Waals surface area contributed by atoms with Crippen molar-refractivity contribution in [2.75, 3.05) is 13.1 Å². The van der Waals surface area contributed by atoms with Gasteiger partial charge in [-0.3, -0.25) is 0 Å². The van der Waals surface area contributed by atoms with Crippen LogP contribution >= 0.6 is 0 Å². The maximum absolute atomic E-state index is 5.56. The highest BCUT2D eigenvalue weighted by molar-refractivity contribution is 5.45. The highest BCUT2D eigenvalue weighted by atomic mass is 16.5.